The van der Waals surface area contributed by atoms with Crippen molar-refractivity contribution in [2.24, 2.45) is 0 Å². The monoisotopic (exact) mass is 385 g/mol. The number of rotatable bonds is 6. The molecule has 1 fully saturated rings. The van der Waals surface area contributed by atoms with E-state index in [1.54, 1.807) is 24.3 Å². The largest absolute Gasteiger partial charge is 0.493 e. The van der Waals surface area contributed by atoms with Gasteiger partial charge in [0.05, 0.1) is 25.2 Å². The van der Waals surface area contributed by atoms with Gasteiger partial charge in [0.1, 0.15) is 5.56 Å². The number of anilines is 1. The normalized spacial score (nSPS) is 16.0. The minimum atomic E-state index is -0.606. The van der Waals surface area contributed by atoms with E-state index in [-0.39, 0.29) is 30.1 Å². The van der Waals surface area contributed by atoms with E-state index < -0.39 is 16.9 Å². The van der Waals surface area contributed by atoms with Gasteiger partial charge in [0.15, 0.2) is 11.5 Å². The van der Waals surface area contributed by atoms with Crippen LogP contribution in [0.5, 0.6) is 11.5 Å². The number of amides is 2. The van der Waals surface area contributed by atoms with Gasteiger partial charge in [0.25, 0.3) is 11.6 Å². The van der Waals surface area contributed by atoms with Gasteiger partial charge in [-0.1, -0.05) is 12.1 Å². The average Bonchev–Trinajstić information content (AvgIpc) is 3.07. The van der Waals surface area contributed by atoms with Gasteiger partial charge in [0, 0.05) is 30.8 Å². The number of nitrogens with zero attached hydrogens (tertiary/aromatic N) is 2. The van der Waals surface area contributed by atoms with E-state index >= 15 is 0 Å². The van der Waals surface area contributed by atoms with E-state index in [1.165, 1.54) is 37.3 Å². The topological polar surface area (TPSA) is 111 Å². The van der Waals surface area contributed by atoms with Crippen LogP contribution in [0, 0.1) is 10.1 Å². The van der Waals surface area contributed by atoms with Crippen LogP contribution in [0.25, 0.3) is 0 Å². The lowest BCUT2D eigenvalue weighted by molar-refractivity contribution is -0.385. The Bertz CT molecular complexity index is 930. The Morgan fingerprint density at radius 1 is 1.18 bits per heavy atom. The van der Waals surface area contributed by atoms with Crippen LogP contribution >= 0.6 is 0 Å². The van der Waals surface area contributed by atoms with Crippen molar-refractivity contribution in [2.75, 3.05) is 25.7 Å². The second-order valence-corrected chi connectivity index (χ2v) is 6.19. The number of nitro groups is 1. The zero-order chi connectivity index (χ0) is 20.3. The molecule has 2 aromatic rings. The third kappa shape index (κ3) is 3.73. The molecule has 0 bridgehead atoms. The highest BCUT2D eigenvalue weighted by Gasteiger charge is 2.33. The van der Waals surface area contributed by atoms with E-state index in [0.717, 1.165) is 0 Å². The fourth-order valence-corrected chi connectivity index (χ4v) is 3.13. The number of ether oxygens (including phenoxy) is 2. The van der Waals surface area contributed by atoms with Crippen molar-refractivity contribution in [3.05, 3.63) is 58.1 Å². The summed E-state index contributed by atoms with van der Waals surface area (Å²) in [6, 6.07) is 10.3. The molecule has 1 heterocycles. The number of benzene rings is 2. The molecule has 1 atom stereocenters. The van der Waals surface area contributed by atoms with Gasteiger partial charge < -0.3 is 19.7 Å². The molecular weight excluding hydrogens is 366 g/mol. The number of methoxy groups -OCH3 is 2. The Hall–Kier alpha value is -3.62. The maximum absolute atomic E-state index is 12.5. The first-order valence-electron chi connectivity index (χ1n) is 8.51. The molecule has 0 spiro atoms. The van der Waals surface area contributed by atoms with Crippen LogP contribution in [-0.2, 0) is 4.79 Å². The fourth-order valence-electron chi connectivity index (χ4n) is 3.13. The van der Waals surface area contributed by atoms with Crippen molar-refractivity contribution in [2.45, 2.75) is 12.5 Å². The number of carbonyl (C=O) groups excluding carboxylic acids is 2. The first kappa shape index (κ1) is 19.2. The Balaban J connectivity index is 1.75. The van der Waals surface area contributed by atoms with Gasteiger partial charge in [0.2, 0.25) is 5.91 Å². The van der Waals surface area contributed by atoms with Crippen molar-refractivity contribution >= 4 is 23.2 Å². The predicted octanol–water partition coefficient (Wildman–Crippen LogP) is 2.15. The van der Waals surface area contributed by atoms with Crippen LogP contribution in [0.1, 0.15) is 16.8 Å². The van der Waals surface area contributed by atoms with Crippen LogP contribution in [0.4, 0.5) is 11.4 Å². The zero-order valence-electron chi connectivity index (χ0n) is 15.4. The molecule has 0 unspecified atom stereocenters. The van der Waals surface area contributed by atoms with Crippen molar-refractivity contribution in [1.82, 2.24) is 5.32 Å². The molecule has 2 amide bonds. The second-order valence-electron chi connectivity index (χ2n) is 6.19. The number of hydrogen-bond acceptors (Lipinski definition) is 6. The number of hydrogen-bond donors (Lipinski definition) is 1. The molecule has 2 aromatic carbocycles. The first-order valence-corrected chi connectivity index (χ1v) is 8.51. The molecular formula is C19H19N3O6. The number of nitro benzene ring substituents is 1. The van der Waals surface area contributed by atoms with Crippen molar-refractivity contribution in [3.8, 4) is 11.5 Å². The minimum Gasteiger partial charge on any atom is -0.493 e. The zero-order valence-corrected chi connectivity index (χ0v) is 15.4. The van der Waals surface area contributed by atoms with Gasteiger partial charge in [-0.05, 0) is 18.2 Å². The van der Waals surface area contributed by atoms with Crippen molar-refractivity contribution < 1.29 is 24.0 Å². The van der Waals surface area contributed by atoms with Crippen LogP contribution in [-0.4, -0.2) is 43.5 Å². The maximum atomic E-state index is 12.5. The minimum absolute atomic E-state index is 0.0375. The van der Waals surface area contributed by atoms with E-state index in [2.05, 4.69) is 5.32 Å². The third-order valence-corrected chi connectivity index (χ3v) is 4.48. The van der Waals surface area contributed by atoms with E-state index in [4.69, 9.17) is 9.47 Å². The summed E-state index contributed by atoms with van der Waals surface area (Å²) in [6.45, 7) is 0.251. The highest BCUT2D eigenvalue weighted by atomic mass is 16.6. The van der Waals surface area contributed by atoms with Crippen molar-refractivity contribution in [3.63, 3.8) is 0 Å². The van der Waals surface area contributed by atoms with Crippen molar-refractivity contribution in [1.29, 1.82) is 0 Å². The molecule has 28 heavy (non-hydrogen) atoms. The average molecular weight is 385 g/mol. The van der Waals surface area contributed by atoms with Gasteiger partial charge in [-0.3, -0.25) is 19.7 Å². The summed E-state index contributed by atoms with van der Waals surface area (Å²) < 4.78 is 10.5. The number of nitrogens with one attached hydrogen (secondary N) is 1. The van der Waals surface area contributed by atoms with Gasteiger partial charge >= 0.3 is 0 Å². The molecule has 3 rings (SSSR count). The summed E-state index contributed by atoms with van der Waals surface area (Å²) in [4.78, 5) is 36.9. The molecule has 0 aromatic heterocycles. The molecule has 0 radical (unpaired) electrons. The van der Waals surface area contributed by atoms with Crippen LogP contribution in [0.2, 0.25) is 0 Å². The van der Waals surface area contributed by atoms with Gasteiger partial charge in [-0.25, -0.2) is 0 Å². The summed E-state index contributed by atoms with van der Waals surface area (Å²) in [5.41, 5.74) is 0.302. The summed E-state index contributed by atoms with van der Waals surface area (Å²) in [5, 5.41) is 13.8. The summed E-state index contributed by atoms with van der Waals surface area (Å²) in [7, 11) is 3.02. The molecule has 9 nitrogen and oxygen atoms in total. The fraction of sp³-hybridized carbons (Fsp3) is 0.263. The molecule has 0 saturated carbocycles. The number of para-hydroxylation sites is 1. The Morgan fingerprint density at radius 3 is 2.57 bits per heavy atom. The van der Waals surface area contributed by atoms with Gasteiger partial charge in [-0.15, -0.1) is 0 Å². The highest BCUT2D eigenvalue weighted by Crippen LogP contribution is 2.33. The third-order valence-electron chi connectivity index (χ3n) is 4.48. The highest BCUT2D eigenvalue weighted by molar-refractivity contribution is 6.00. The van der Waals surface area contributed by atoms with Crippen LogP contribution in [0.3, 0.4) is 0 Å². The summed E-state index contributed by atoms with van der Waals surface area (Å²) in [5.74, 6) is 0.277. The smallest absolute Gasteiger partial charge is 0.282 e. The number of carbonyl (C=O) groups is 2. The Labute approximate surface area is 161 Å². The molecule has 1 saturated heterocycles. The quantitative estimate of drug-likeness (QED) is 0.602. The molecule has 146 valence electrons. The molecule has 1 N–H and O–H groups in total. The molecule has 1 aliphatic rings. The Kier molecular flexibility index (Phi) is 5.44. The summed E-state index contributed by atoms with van der Waals surface area (Å²) >= 11 is 0. The van der Waals surface area contributed by atoms with E-state index in [1.807, 2.05) is 0 Å². The first-order chi connectivity index (χ1) is 13.4. The lowest BCUT2D eigenvalue weighted by Crippen LogP contribution is -2.37. The van der Waals surface area contributed by atoms with E-state index in [9.17, 15) is 19.7 Å². The lowest BCUT2D eigenvalue weighted by atomic mass is 10.1. The molecule has 1 aliphatic heterocycles. The lowest BCUT2D eigenvalue weighted by Gasteiger charge is -2.19. The standard InChI is InChI=1S/C19H19N3O6/c1-27-16-8-7-13(10-17(16)28-2)21-11-12(9-18(21)23)20-19(24)14-5-3-4-6-15(14)22(25)26/h3-8,10,12H,9,11H2,1-2H3,(H,20,24)/t12-/m1/s1. The maximum Gasteiger partial charge on any atom is 0.282 e. The predicted molar refractivity (Wildman–Crippen MR) is 101 cm³/mol. The van der Waals surface area contributed by atoms with Crippen LogP contribution in [0.15, 0.2) is 42.5 Å². The van der Waals surface area contributed by atoms with Gasteiger partial charge in [-0.2, -0.15) is 0 Å². The SMILES string of the molecule is COc1ccc(N2C[C@H](NC(=O)c3ccccc3[N+](=O)[O-])CC2=O)cc1OC. The second kappa shape index (κ2) is 7.95. The summed E-state index contributed by atoms with van der Waals surface area (Å²) in [6.07, 6.45) is 0.0979. The van der Waals surface area contributed by atoms with Crippen LogP contribution < -0.4 is 19.7 Å². The van der Waals surface area contributed by atoms with E-state index in [0.29, 0.717) is 17.2 Å². The Morgan fingerprint density at radius 2 is 1.89 bits per heavy atom. The molecule has 9 heteroatoms. The molecule has 0 aliphatic carbocycles.